The van der Waals surface area contributed by atoms with Crippen LogP contribution in [-0.2, 0) is 0 Å². The van der Waals surface area contributed by atoms with E-state index in [2.05, 4.69) is 46.8 Å². The van der Waals surface area contributed by atoms with Crippen molar-refractivity contribution in [2.75, 3.05) is 4.90 Å². The quantitative estimate of drug-likeness (QED) is 0.428. The molecule has 0 aliphatic carbocycles. The third-order valence-electron chi connectivity index (χ3n) is 5.57. The van der Waals surface area contributed by atoms with Gasteiger partial charge in [-0.15, -0.1) is 11.3 Å². The molecule has 27 heavy (non-hydrogen) atoms. The molecule has 1 amide bonds. The van der Waals surface area contributed by atoms with Crippen molar-refractivity contribution >= 4 is 44.6 Å². The highest BCUT2D eigenvalue weighted by molar-refractivity contribution is 7.21. The molecule has 2 heterocycles. The molecule has 0 radical (unpaired) electrons. The summed E-state index contributed by atoms with van der Waals surface area (Å²) in [4.78, 5) is 16.4. The van der Waals surface area contributed by atoms with Crippen molar-refractivity contribution in [3.63, 3.8) is 0 Å². The first-order valence-corrected chi connectivity index (χ1v) is 10.5. The van der Waals surface area contributed by atoms with Crippen LogP contribution in [-0.4, -0.2) is 11.4 Å². The van der Waals surface area contributed by atoms with Crippen LogP contribution in [0.4, 0.5) is 5.69 Å². The van der Waals surface area contributed by atoms with Gasteiger partial charge in [-0.3, -0.25) is 4.79 Å². The standard InChI is InChI=1S/C23H24ClNOS/c1-13-10-14(2)20-17(11-13)15(3)12-23(4,5)25(20)22(26)21-19(24)16-8-6-7-9-18(16)27-21/h6-11,15H,12H2,1-5H3/t15-/m1/s1. The molecule has 0 bridgehead atoms. The van der Waals surface area contributed by atoms with Crippen LogP contribution in [0.5, 0.6) is 0 Å². The van der Waals surface area contributed by atoms with E-state index >= 15 is 0 Å². The van der Waals surface area contributed by atoms with Crippen molar-refractivity contribution in [1.82, 2.24) is 0 Å². The molecule has 0 spiro atoms. The third kappa shape index (κ3) is 2.88. The molecule has 4 heteroatoms. The Bertz CT molecular complexity index is 1070. The van der Waals surface area contributed by atoms with E-state index in [1.165, 1.54) is 22.5 Å². The number of hydrogen-bond acceptors (Lipinski definition) is 2. The lowest BCUT2D eigenvalue weighted by atomic mass is 9.78. The molecule has 2 nitrogen and oxygen atoms in total. The summed E-state index contributed by atoms with van der Waals surface area (Å²) in [5, 5.41) is 1.53. The molecular formula is C23H24ClNOS. The predicted octanol–water partition coefficient (Wildman–Crippen LogP) is 7.10. The number of fused-ring (bicyclic) bond motifs is 2. The zero-order valence-electron chi connectivity index (χ0n) is 16.4. The van der Waals surface area contributed by atoms with E-state index in [1.807, 2.05) is 29.2 Å². The molecule has 1 aliphatic heterocycles. The minimum absolute atomic E-state index is 0.00584. The number of carbonyl (C=O) groups excluding carboxylic acids is 1. The molecular weight excluding hydrogens is 374 g/mol. The van der Waals surface area contributed by atoms with Crippen molar-refractivity contribution in [3.05, 3.63) is 63.0 Å². The van der Waals surface area contributed by atoms with Gasteiger partial charge in [0.15, 0.2) is 0 Å². The summed E-state index contributed by atoms with van der Waals surface area (Å²) in [6.45, 7) is 10.8. The third-order valence-corrected chi connectivity index (χ3v) is 7.24. The van der Waals surface area contributed by atoms with Crippen molar-refractivity contribution < 1.29 is 4.79 Å². The van der Waals surface area contributed by atoms with Gasteiger partial charge in [0, 0.05) is 15.6 Å². The van der Waals surface area contributed by atoms with Gasteiger partial charge >= 0.3 is 0 Å². The van der Waals surface area contributed by atoms with Gasteiger partial charge in [0.1, 0.15) is 4.88 Å². The van der Waals surface area contributed by atoms with Gasteiger partial charge in [-0.05, 0) is 57.2 Å². The summed E-state index contributed by atoms with van der Waals surface area (Å²) in [7, 11) is 0. The molecule has 0 N–H and O–H groups in total. The van der Waals surface area contributed by atoms with E-state index in [1.54, 1.807) is 0 Å². The van der Waals surface area contributed by atoms with Crippen LogP contribution in [0.3, 0.4) is 0 Å². The number of aryl methyl sites for hydroxylation is 2. The van der Waals surface area contributed by atoms with E-state index < -0.39 is 0 Å². The fourth-order valence-electron chi connectivity index (χ4n) is 4.56. The maximum Gasteiger partial charge on any atom is 0.270 e. The SMILES string of the molecule is Cc1cc(C)c2c(c1)[C@H](C)CC(C)(C)N2C(=O)c1sc2ccccc2c1Cl. The van der Waals surface area contributed by atoms with Crippen molar-refractivity contribution in [2.24, 2.45) is 0 Å². The Morgan fingerprint density at radius 2 is 1.93 bits per heavy atom. The lowest BCUT2D eigenvalue weighted by Gasteiger charge is -2.46. The number of carbonyl (C=O) groups is 1. The molecule has 0 saturated carbocycles. The maximum absolute atomic E-state index is 13.8. The molecule has 3 aromatic rings. The summed E-state index contributed by atoms with van der Waals surface area (Å²) in [5.74, 6) is 0.418. The second kappa shape index (κ2) is 6.35. The first-order chi connectivity index (χ1) is 12.7. The van der Waals surface area contributed by atoms with Gasteiger partial charge in [-0.25, -0.2) is 0 Å². The predicted molar refractivity (Wildman–Crippen MR) is 117 cm³/mol. The number of benzene rings is 2. The van der Waals surface area contributed by atoms with Crippen molar-refractivity contribution in [1.29, 1.82) is 0 Å². The number of thiophene rings is 1. The van der Waals surface area contributed by atoms with Crippen LogP contribution in [0, 0.1) is 13.8 Å². The van der Waals surface area contributed by atoms with Crippen LogP contribution in [0.25, 0.3) is 10.1 Å². The second-order valence-corrected chi connectivity index (χ2v) is 9.75. The Balaban J connectivity index is 1.93. The molecule has 2 aromatic carbocycles. The van der Waals surface area contributed by atoms with Gasteiger partial charge in [0.25, 0.3) is 5.91 Å². The zero-order chi connectivity index (χ0) is 19.5. The highest BCUT2D eigenvalue weighted by Gasteiger charge is 2.42. The minimum Gasteiger partial charge on any atom is -0.301 e. The first kappa shape index (κ1) is 18.5. The molecule has 4 rings (SSSR count). The summed E-state index contributed by atoms with van der Waals surface area (Å²) < 4.78 is 1.05. The number of rotatable bonds is 1. The van der Waals surface area contributed by atoms with Crippen LogP contribution in [0.2, 0.25) is 5.02 Å². The summed E-state index contributed by atoms with van der Waals surface area (Å²) in [5.41, 5.74) is 4.43. The Kier molecular flexibility index (Phi) is 4.36. The number of nitrogens with zero attached hydrogens (tertiary/aromatic N) is 1. The summed E-state index contributed by atoms with van der Waals surface area (Å²) in [6, 6.07) is 12.3. The Morgan fingerprint density at radius 1 is 1.22 bits per heavy atom. The highest BCUT2D eigenvalue weighted by atomic mass is 35.5. The average Bonchev–Trinajstić information content (AvgIpc) is 2.92. The number of halogens is 1. The minimum atomic E-state index is -0.275. The van der Waals surface area contributed by atoms with E-state index in [-0.39, 0.29) is 11.4 Å². The second-order valence-electron chi connectivity index (χ2n) is 8.32. The van der Waals surface area contributed by atoms with Crippen molar-refractivity contribution in [2.45, 2.75) is 52.5 Å². The maximum atomic E-state index is 13.8. The Labute approximate surface area is 169 Å². The lowest BCUT2D eigenvalue weighted by molar-refractivity contribution is 0.0957. The zero-order valence-corrected chi connectivity index (χ0v) is 18.0. The lowest BCUT2D eigenvalue weighted by Crippen LogP contribution is -2.52. The van der Waals surface area contributed by atoms with Gasteiger partial charge < -0.3 is 4.90 Å². The number of anilines is 1. The van der Waals surface area contributed by atoms with Crippen LogP contribution >= 0.6 is 22.9 Å². The van der Waals surface area contributed by atoms with Crippen LogP contribution in [0.1, 0.15) is 59.5 Å². The number of hydrogen-bond donors (Lipinski definition) is 0. The fourth-order valence-corrected chi connectivity index (χ4v) is 6.00. The molecule has 1 aromatic heterocycles. The molecule has 0 unspecified atom stereocenters. The van der Waals surface area contributed by atoms with E-state index in [0.717, 1.165) is 27.8 Å². The molecule has 1 atom stereocenters. The smallest absolute Gasteiger partial charge is 0.270 e. The monoisotopic (exact) mass is 397 g/mol. The Morgan fingerprint density at radius 3 is 2.63 bits per heavy atom. The normalized spacial score (nSPS) is 18.6. The average molecular weight is 398 g/mol. The van der Waals surface area contributed by atoms with Crippen LogP contribution in [0.15, 0.2) is 36.4 Å². The highest BCUT2D eigenvalue weighted by Crippen LogP contribution is 2.47. The summed E-state index contributed by atoms with van der Waals surface area (Å²) in [6.07, 6.45) is 0.928. The van der Waals surface area contributed by atoms with Gasteiger partial charge in [-0.1, -0.05) is 54.4 Å². The first-order valence-electron chi connectivity index (χ1n) is 9.33. The van der Waals surface area contributed by atoms with E-state index in [4.69, 9.17) is 11.6 Å². The Hall–Kier alpha value is -1.84. The number of amides is 1. The van der Waals surface area contributed by atoms with Gasteiger partial charge in [-0.2, -0.15) is 0 Å². The largest absolute Gasteiger partial charge is 0.301 e. The van der Waals surface area contributed by atoms with Crippen molar-refractivity contribution in [3.8, 4) is 0 Å². The molecule has 1 aliphatic rings. The molecule has 0 fully saturated rings. The molecule has 140 valence electrons. The van der Waals surface area contributed by atoms with Gasteiger partial charge in [0.05, 0.1) is 10.7 Å². The summed E-state index contributed by atoms with van der Waals surface area (Å²) >= 11 is 8.14. The fraction of sp³-hybridized carbons (Fsp3) is 0.348. The van der Waals surface area contributed by atoms with E-state index in [0.29, 0.717) is 15.8 Å². The topological polar surface area (TPSA) is 20.3 Å². The van der Waals surface area contributed by atoms with Crippen LogP contribution < -0.4 is 4.90 Å². The van der Waals surface area contributed by atoms with E-state index in [9.17, 15) is 4.79 Å². The van der Waals surface area contributed by atoms with Gasteiger partial charge in [0.2, 0.25) is 0 Å². The molecule has 0 saturated heterocycles.